The van der Waals surface area contributed by atoms with E-state index in [0.717, 1.165) is 12.8 Å². The molecule has 5 nitrogen and oxygen atoms in total. The highest BCUT2D eigenvalue weighted by molar-refractivity contribution is 5.80. The van der Waals surface area contributed by atoms with Gasteiger partial charge in [0.2, 0.25) is 5.91 Å². The zero-order valence-corrected chi connectivity index (χ0v) is 10.8. The molecule has 0 bridgehead atoms. The lowest BCUT2D eigenvalue weighted by Crippen LogP contribution is -2.52. The summed E-state index contributed by atoms with van der Waals surface area (Å²) in [5.41, 5.74) is 0. The number of likely N-dealkylation sites (N-methyl/N-ethyl adjacent to an activating group) is 1. The Hall–Kier alpha value is -1.10. The molecule has 1 fully saturated rings. The van der Waals surface area contributed by atoms with Crippen LogP contribution < -0.4 is 0 Å². The van der Waals surface area contributed by atoms with Gasteiger partial charge < -0.3 is 10.0 Å². The maximum Gasteiger partial charge on any atom is 0.321 e. The molecule has 0 aromatic heterocycles. The molecule has 5 heteroatoms. The number of rotatable bonds is 4. The van der Waals surface area contributed by atoms with E-state index in [-0.39, 0.29) is 18.4 Å². The quantitative estimate of drug-likeness (QED) is 0.786. The van der Waals surface area contributed by atoms with Crippen LogP contribution in [0.25, 0.3) is 0 Å². The van der Waals surface area contributed by atoms with Crippen LogP contribution in [-0.4, -0.2) is 59.5 Å². The van der Waals surface area contributed by atoms with Gasteiger partial charge in [-0.1, -0.05) is 6.92 Å². The summed E-state index contributed by atoms with van der Waals surface area (Å²) in [7, 11) is 1.74. The molecule has 0 aromatic carbocycles. The number of carbonyl (C=O) groups is 2. The number of nitrogens with zero attached hydrogens (tertiary/aromatic N) is 2. The molecule has 1 N–H and O–H groups in total. The summed E-state index contributed by atoms with van der Waals surface area (Å²) in [4.78, 5) is 26.5. The molecule has 98 valence electrons. The van der Waals surface area contributed by atoms with Gasteiger partial charge in [-0.05, 0) is 32.2 Å². The molecule has 0 radical (unpaired) electrons. The van der Waals surface area contributed by atoms with Gasteiger partial charge in [0.25, 0.3) is 0 Å². The summed E-state index contributed by atoms with van der Waals surface area (Å²) in [5, 5.41) is 9.22. The van der Waals surface area contributed by atoms with Crippen molar-refractivity contribution in [1.29, 1.82) is 0 Å². The fraction of sp³-hybridized carbons (Fsp3) is 0.833. The van der Waals surface area contributed by atoms with Gasteiger partial charge in [0.1, 0.15) is 6.04 Å². The molecule has 0 aromatic rings. The third-order valence-corrected chi connectivity index (χ3v) is 3.53. The predicted octanol–water partition coefficient (Wildman–Crippen LogP) is 0.650. The summed E-state index contributed by atoms with van der Waals surface area (Å²) in [5.74, 6) is -0.710. The minimum atomic E-state index is -0.816. The second-order valence-corrected chi connectivity index (χ2v) is 4.78. The Bertz CT molecular complexity index is 293. The van der Waals surface area contributed by atoms with Crippen LogP contribution in [0.3, 0.4) is 0 Å². The number of carbonyl (C=O) groups excluding carboxylic acids is 1. The van der Waals surface area contributed by atoms with E-state index in [4.69, 9.17) is 0 Å². The van der Waals surface area contributed by atoms with E-state index in [2.05, 4.69) is 0 Å². The summed E-state index contributed by atoms with van der Waals surface area (Å²) >= 11 is 0. The first-order valence-corrected chi connectivity index (χ1v) is 6.18. The number of hydrogen-bond donors (Lipinski definition) is 1. The van der Waals surface area contributed by atoms with Crippen molar-refractivity contribution in [2.75, 3.05) is 26.7 Å². The standard InChI is InChI=1S/C12H22N2O3/c1-4-13(3)10(15)8-14-7-5-6-9(2)11(14)12(16)17/h9,11H,4-8H2,1-3H3,(H,16,17). The first-order chi connectivity index (χ1) is 7.97. The van der Waals surface area contributed by atoms with Crippen LogP contribution in [-0.2, 0) is 9.59 Å². The summed E-state index contributed by atoms with van der Waals surface area (Å²) in [6, 6.07) is -0.516. The molecule has 1 saturated heterocycles. The maximum absolute atomic E-state index is 11.8. The van der Waals surface area contributed by atoms with Gasteiger partial charge in [-0.25, -0.2) is 0 Å². The van der Waals surface area contributed by atoms with E-state index in [1.54, 1.807) is 16.8 Å². The average Bonchev–Trinajstić information content (AvgIpc) is 2.27. The molecular weight excluding hydrogens is 220 g/mol. The molecule has 1 amide bonds. The molecule has 2 atom stereocenters. The van der Waals surface area contributed by atoms with E-state index in [1.165, 1.54) is 0 Å². The van der Waals surface area contributed by atoms with Crippen LogP contribution in [0, 0.1) is 5.92 Å². The van der Waals surface area contributed by atoms with Crippen molar-refractivity contribution in [2.24, 2.45) is 5.92 Å². The molecule has 1 aliphatic heterocycles. The topological polar surface area (TPSA) is 60.9 Å². The second kappa shape index (κ2) is 6.00. The van der Waals surface area contributed by atoms with Gasteiger partial charge in [0.15, 0.2) is 0 Å². The van der Waals surface area contributed by atoms with Crippen LogP contribution in [0.5, 0.6) is 0 Å². The smallest absolute Gasteiger partial charge is 0.321 e. The van der Waals surface area contributed by atoms with E-state index in [1.807, 2.05) is 13.8 Å². The lowest BCUT2D eigenvalue weighted by Gasteiger charge is -2.37. The van der Waals surface area contributed by atoms with Crippen LogP contribution in [0.15, 0.2) is 0 Å². The zero-order chi connectivity index (χ0) is 13.0. The van der Waals surface area contributed by atoms with Crippen LogP contribution in [0.4, 0.5) is 0 Å². The molecule has 0 spiro atoms. The Balaban J connectivity index is 2.67. The number of aliphatic carboxylic acids is 1. The SMILES string of the molecule is CCN(C)C(=O)CN1CCCC(C)C1C(=O)O. The van der Waals surface area contributed by atoms with Crippen molar-refractivity contribution in [3.8, 4) is 0 Å². The van der Waals surface area contributed by atoms with Crippen LogP contribution in [0.2, 0.25) is 0 Å². The Morgan fingerprint density at radius 1 is 1.47 bits per heavy atom. The molecule has 17 heavy (non-hydrogen) atoms. The molecule has 2 unspecified atom stereocenters. The molecule has 1 rings (SSSR count). The van der Waals surface area contributed by atoms with Gasteiger partial charge in [-0.3, -0.25) is 14.5 Å². The van der Waals surface area contributed by atoms with Crippen molar-refractivity contribution in [1.82, 2.24) is 9.80 Å². The van der Waals surface area contributed by atoms with Crippen molar-refractivity contribution >= 4 is 11.9 Å². The molecular formula is C12H22N2O3. The number of piperidine rings is 1. The van der Waals surface area contributed by atoms with Crippen LogP contribution in [0.1, 0.15) is 26.7 Å². The van der Waals surface area contributed by atoms with E-state index in [0.29, 0.717) is 13.1 Å². The Kier molecular flexibility index (Phi) is 4.93. The maximum atomic E-state index is 11.8. The highest BCUT2D eigenvalue weighted by Crippen LogP contribution is 2.23. The molecule has 1 heterocycles. The minimum Gasteiger partial charge on any atom is -0.480 e. The van der Waals surface area contributed by atoms with Crippen molar-refractivity contribution in [2.45, 2.75) is 32.7 Å². The number of amides is 1. The van der Waals surface area contributed by atoms with E-state index in [9.17, 15) is 14.7 Å². The monoisotopic (exact) mass is 242 g/mol. The van der Waals surface area contributed by atoms with Gasteiger partial charge >= 0.3 is 5.97 Å². The van der Waals surface area contributed by atoms with Gasteiger partial charge in [0.05, 0.1) is 6.54 Å². The highest BCUT2D eigenvalue weighted by atomic mass is 16.4. The van der Waals surface area contributed by atoms with Crippen molar-refractivity contribution in [3.05, 3.63) is 0 Å². The van der Waals surface area contributed by atoms with Crippen LogP contribution >= 0.6 is 0 Å². The number of hydrogen-bond acceptors (Lipinski definition) is 3. The normalized spacial score (nSPS) is 25.6. The summed E-state index contributed by atoms with van der Waals surface area (Å²) < 4.78 is 0. The zero-order valence-electron chi connectivity index (χ0n) is 10.8. The lowest BCUT2D eigenvalue weighted by molar-refractivity contribution is -0.148. The number of likely N-dealkylation sites (tertiary alicyclic amines) is 1. The van der Waals surface area contributed by atoms with E-state index >= 15 is 0 Å². The average molecular weight is 242 g/mol. The third-order valence-electron chi connectivity index (χ3n) is 3.53. The van der Waals surface area contributed by atoms with Gasteiger partial charge in [-0.15, -0.1) is 0 Å². The van der Waals surface area contributed by atoms with Crippen molar-refractivity contribution < 1.29 is 14.7 Å². The highest BCUT2D eigenvalue weighted by Gasteiger charge is 2.35. The molecule has 1 aliphatic rings. The molecule has 0 saturated carbocycles. The fourth-order valence-electron chi connectivity index (χ4n) is 2.32. The first-order valence-electron chi connectivity index (χ1n) is 6.18. The third kappa shape index (κ3) is 3.43. The van der Waals surface area contributed by atoms with Gasteiger partial charge in [0, 0.05) is 13.6 Å². The number of carboxylic acid groups (broad SMARTS) is 1. The summed E-state index contributed by atoms with van der Waals surface area (Å²) in [6.45, 7) is 5.42. The van der Waals surface area contributed by atoms with E-state index < -0.39 is 12.0 Å². The Morgan fingerprint density at radius 3 is 2.65 bits per heavy atom. The first kappa shape index (κ1) is 14.0. The summed E-state index contributed by atoms with van der Waals surface area (Å²) in [6.07, 6.45) is 1.89. The Morgan fingerprint density at radius 2 is 2.12 bits per heavy atom. The minimum absolute atomic E-state index is 0.00662. The fourth-order valence-corrected chi connectivity index (χ4v) is 2.32. The largest absolute Gasteiger partial charge is 0.480 e. The second-order valence-electron chi connectivity index (χ2n) is 4.78. The Labute approximate surface area is 102 Å². The van der Waals surface area contributed by atoms with Crippen molar-refractivity contribution in [3.63, 3.8) is 0 Å². The lowest BCUT2D eigenvalue weighted by atomic mass is 9.91. The predicted molar refractivity (Wildman–Crippen MR) is 64.7 cm³/mol. The van der Waals surface area contributed by atoms with Gasteiger partial charge in [-0.2, -0.15) is 0 Å². The number of carboxylic acids is 1. The molecule has 0 aliphatic carbocycles.